The summed E-state index contributed by atoms with van der Waals surface area (Å²) in [6.07, 6.45) is 3.67. The van der Waals surface area contributed by atoms with E-state index in [2.05, 4.69) is 4.90 Å². The van der Waals surface area contributed by atoms with Gasteiger partial charge in [0, 0.05) is 36.9 Å². The summed E-state index contributed by atoms with van der Waals surface area (Å²) in [4.78, 5) is 18.2. The van der Waals surface area contributed by atoms with Crippen LogP contribution in [0.1, 0.15) is 34.5 Å². The van der Waals surface area contributed by atoms with Crippen LogP contribution in [-0.4, -0.2) is 47.9 Å². The number of carbonyl (C=O) groups excluding carboxylic acids is 1. The van der Waals surface area contributed by atoms with Gasteiger partial charge in [0.05, 0.1) is 4.88 Å². The van der Waals surface area contributed by atoms with Crippen molar-refractivity contribution in [3.8, 4) is 0 Å². The highest BCUT2D eigenvalue weighted by Gasteiger charge is 2.31. The molecule has 1 aromatic heterocycles. The highest BCUT2D eigenvalue weighted by atomic mass is 32.1. The summed E-state index contributed by atoms with van der Waals surface area (Å²) in [5, 5.41) is 0.868. The first kappa shape index (κ1) is 15.1. The topological polar surface area (TPSA) is 23.6 Å². The van der Waals surface area contributed by atoms with E-state index in [1.807, 2.05) is 11.8 Å². The van der Waals surface area contributed by atoms with Gasteiger partial charge in [-0.1, -0.05) is 0 Å². The van der Waals surface area contributed by atoms with E-state index in [0.29, 0.717) is 0 Å². The van der Waals surface area contributed by atoms with E-state index in [1.165, 1.54) is 36.3 Å². The molecule has 0 spiro atoms. The first-order valence-electron chi connectivity index (χ1n) is 8.35. The molecule has 1 saturated heterocycles. The second kappa shape index (κ2) is 5.87. The van der Waals surface area contributed by atoms with Crippen LogP contribution >= 0.6 is 11.3 Å². The third kappa shape index (κ3) is 2.88. The fourth-order valence-corrected chi connectivity index (χ4v) is 4.64. The first-order chi connectivity index (χ1) is 11.1. The van der Waals surface area contributed by atoms with E-state index in [9.17, 15) is 9.18 Å². The van der Waals surface area contributed by atoms with Crippen LogP contribution in [0.5, 0.6) is 0 Å². The zero-order chi connectivity index (χ0) is 16.0. The van der Waals surface area contributed by atoms with Gasteiger partial charge in [-0.2, -0.15) is 0 Å². The van der Waals surface area contributed by atoms with Crippen molar-refractivity contribution in [1.29, 1.82) is 0 Å². The van der Waals surface area contributed by atoms with Crippen LogP contribution in [0.15, 0.2) is 18.2 Å². The number of hydrogen-bond donors (Lipinski definition) is 0. The van der Waals surface area contributed by atoms with Gasteiger partial charge in [-0.15, -0.1) is 11.3 Å². The van der Waals surface area contributed by atoms with Crippen molar-refractivity contribution in [1.82, 2.24) is 9.80 Å². The molecule has 5 heteroatoms. The Morgan fingerprint density at radius 1 is 1.22 bits per heavy atom. The number of aryl methyl sites for hydroxylation is 1. The van der Waals surface area contributed by atoms with Crippen molar-refractivity contribution in [2.45, 2.75) is 32.2 Å². The van der Waals surface area contributed by atoms with E-state index in [1.54, 1.807) is 6.07 Å². The zero-order valence-corrected chi connectivity index (χ0v) is 14.2. The lowest BCUT2D eigenvalue weighted by atomic mass is 10.1. The first-order valence-corrected chi connectivity index (χ1v) is 9.17. The number of hydrogen-bond acceptors (Lipinski definition) is 3. The van der Waals surface area contributed by atoms with Crippen LogP contribution in [0.25, 0.3) is 10.1 Å². The Kier molecular flexibility index (Phi) is 3.85. The van der Waals surface area contributed by atoms with E-state index < -0.39 is 0 Å². The Morgan fingerprint density at radius 3 is 2.83 bits per heavy atom. The molecule has 0 unspecified atom stereocenters. The molecule has 3 nitrogen and oxygen atoms in total. The molecule has 1 amide bonds. The lowest BCUT2D eigenvalue weighted by Gasteiger charge is -2.21. The molecule has 1 aliphatic heterocycles. The molecular weight excluding hydrogens is 311 g/mol. The second-order valence-corrected chi connectivity index (χ2v) is 7.66. The van der Waals surface area contributed by atoms with Crippen LogP contribution < -0.4 is 0 Å². The predicted octanol–water partition coefficient (Wildman–Crippen LogP) is 3.66. The van der Waals surface area contributed by atoms with Crippen molar-refractivity contribution in [3.05, 3.63) is 34.5 Å². The maximum atomic E-state index is 13.5. The SMILES string of the molecule is Cc1c(C(=O)N2CCCN(C3CC3)CC2)sc2ccc(F)cc12. The van der Waals surface area contributed by atoms with Gasteiger partial charge in [0.2, 0.25) is 0 Å². The van der Waals surface area contributed by atoms with Crippen molar-refractivity contribution in [3.63, 3.8) is 0 Å². The zero-order valence-electron chi connectivity index (χ0n) is 13.3. The molecule has 2 aliphatic rings. The summed E-state index contributed by atoms with van der Waals surface area (Å²) in [7, 11) is 0. The third-order valence-corrected chi connectivity index (χ3v) is 6.23. The molecule has 122 valence electrons. The molecule has 1 aromatic carbocycles. The van der Waals surface area contributed by atoms with Crippen molar-refractivity contribution in [2.24, 2.45) is 0 Å². The number of rotatable bonds is 2. The quantitative estimate of drug-likeness (QED) is 0.838. The van der Waals surface area contributed by atoms with Crippen LogP contribution in [0.4, 0.5) is 4.39 Å². The van der Waals surface area contributed by atoms with E-state index in [-0.39, 0.29) is 11.7 Å². The van der Waals surface area contributed by atoms with Crippen LogP contribution in [0.3, 0.4) is 0 Å². The largest absolute Gasteiger partial charge is 0.337 e. The number of carbonyl (C=O) groups is 1. The lowest BCUT2D eigenvalue weighted by molar-refractivity contribution is 0.0765. The molecule has 0 N–H and O–H groups in total. The summed E-state index contributed by atoms with van der Waals surface area (Å²) >= 11 is 1.49. The number of amides is 1. The van der Waals surface area contributed by atoms with Crippen molar-refractivity contribution in [2.75, 3.05) is 26.2 Å². The van der Waals surface area contributed by atoms with Crippen LogP contribution in [0.2, 0.25) is 0 Å². The third-order valence-electron chi connectivity index (χ3n) is 4.97. The van der Waals surface area contributed by atoms with Gasteiger partial charge in [0.25, 0.3) is 5.91 Å². The lowest BCUT2D eigenvalue weighted by Crippen LogP contribution is -2.35. The Balaban J connectivity index is 1.57. The average Bonchev–Trinajstić information content (AvgIpc) is 3.35. The van der Waals surface area contributed by atoms with Gasteiger partial charge in [0.1, 0.15) is 5.82 Å². The van der Waals surface area contributed by atoms with Crippen LogP contribution in [-0.2, 0) is 0 Å². The minimum atomic E-state index is -0.243. The Hall–Kier alpha value is -1.46. The number of fused-ring (bicyclic) bond motifs is 1. The molecular formula is C18H21FN2OS. The van der Waals surface area contributed by atoms with E-state index >= 15 is 0 Å². The molecule has 23 heavy (non-hydrogen) atoms. The summed E-state index contributed by atoms with van der Waals surface area (Å²) in [6.45, 7) is 5.64. The maximum Gasteiger partial charge on any atom is 0.264 e. The molecule has 1 aliphatic carbocycles. The molecule has 2 aromatic rings. The standard InChI is InChI=1S/C18H21FN2OS/c1-12-15-11-13(19)3-6-16(15)23-17(12)18(22)21-8-2-7-20(9-10-21)14-4-5-14/h3,6,11,14H,2,4-5,7-10H2,1H3. The molecule has 4 rings (SSSR count). The summed E-state index contributed by atoms with van der Waals surface area (Å²) in [5.41, 5.74) is 0.915. The van der Waals surface area contributed by atoms with E-state index in [0.717, 1.165) is 59.2 Å². The van der Waals surface area contributed by atoms with Gasteiger partial charge in [-0.3, -0.25) is 9.69 Å². The highest BCUT2D eigenvalue weighted by molar-refractivity contribution is 7.21. The minimum Gasteiger partial charge on any atom is -0.337 e. The smallest absolute Gasteiger partial charge is 0.264 e. The molecule has 2 fully saturated rings. The summed E-state index contributed by atoms with van der Waals surface area (Å²) < 4.78 is 14.5. The van der Waals surface area contributed by atoms with Crippen molar-refractivity contribution < 1.29 is 9.18 Å². The molecule has 2 heterocycles. The van der Waals surface area contributed by atoms with Gasteiger partial charge in [-0.05, 0) is 55.3 Å². The minimum absolute atomic E-state index is 0.113. The normalized spacial score (nSPS) is 20.0. The van der Waals surface area contributed by atoms with Crippen LogP contribution in [0, 0.1) is 12.7 Å². The Labute approximate surface area is 139 Å². The summed E-state index contributed by atoms with van der Waals surface area (Å²) in [5.74, 6) is -0.131. The maximum absolute atomic E-state index is 13.5. The van der Waals surface area contributed by atoms with Gasteiger partial charge < -0.3 is 4.90 Å². The monoisotopic (exact) mass is 332 g/mol. The Morgan fingerprint density at radius 2 is 2.04 bits per heavy atom. The number of benzene rings is 1. The highest BCUT2D eigenvalue weighted by Crippen LogP contribution is 2.33. The van der Waals surface area contributed by atoms with E-state index in [4.69, 9.17) is 0 Å². The molecule has 0 radical (unpaired) electrons. The van der Waals surface area contributed by atoms with Gasteiger partial charge in [-0.25, -0.2) is 4.39 Å². The van der Waals surface area contributed by atoms with Crippen molar-refractivity contribution >= 4 is 27.3 Å². The number of nitrogens with zero attached hydrogens (tertiary/aromatic N) is 2. The van der Waals surface area contributed by atoms with Gasteiger partial charge in [0.15, 0.2) is 0 Å². The molecule has 0 bridgehead atoms. The number of halogens is 1. The second-order valence-electron chi connectivity index (χ2n) is 6.61. The molecule has 1 saturated carbocycles. The number of thiophene rings is 1. The summed E-state index contributed by atoms with van der Waals surface area (Å²) in [6, 6.07) is 5.54. The predicted molar refractivity (Wildman–Crippen MR) is 91.6 cm³/mol. The Bertz CT molecular complexity index is 753. The average molecular weight is 332 g/mol. The molecule has 0 atom stereocenters. The fourth-order valence-electron chi connectivity index (χ4n) is 3.49. The van der Waals surface area contributed by atoms with Gasteiger partial charge >= 0.3 is 0 Å². The fraction of sp³-hybridized carbons (Fsp3) is 0.500.